The Hall–Kier alpha value is -2.13. The van der Waals surface area contributed by atoms with Gasteiger partial charge in [-0.1, -0.05) is 0 Å². The van der Waals surface area contributed by atoms with Crippen molar-refractivity contribution in [3.8, 4) is 0 Å². The number of nitro groups is 1. The zero-order valence-corrected chi connectivity index (χ0v) is 13.8. The number of rotatable bonds is 3. The van der Waals surface area contributed by atoms with E-state index in [9.17, 15) is 19.7 Å². The first-order valence-electron chi connectivity index (χ1n) is 7.60. The number of halogens is 1. The molecule has 0 radical (unpaired) electrons. The highest BCUT2D eigenvalue weighted by atomic mass is 35.5. The van der Waals surface area contributed by atoms with E-state index in [1.54, 1.807) is 4.90 Å². The fourth-order valence-electron chi connectivity index (χ4n) is 3.10. The maximum absolute atomic E-state index is 12.4. The van der Waals surface area contributed by atoms with Crippen molar-refractivity contribution >= 4 is 30.1 Å². The molecule has 0 aliphatic carbocycles. The van der Waals surface area contributed by atoms with Crippen LogP contribution in [0.3, 0.4) is 0 Å². The molecule has 3 heterocycles. The first kappa shape index (κ1) is 18.2. The smallest absolute Gasteiger partial charge is 0.395 e. The number of furan rings is 1. The highest BCUT2D eigenvalue weighted by Crippen LogP contribution is 2.21. The second-order valence-corrected chi connectivity index (χ2v) is 5.71. The minimum atomic E-state index is -0.671. The molecule has 0 aromatic carbocycles. The van der Waals surface area contributed by atoms with E-state index >= 15 is 0 Å². The van der Waals surface area contributed by atoms with Crippen molar-refractivity contribution in [2.24, 2.45) is 0 Å². The van der Waals surface area contributed by atoms with Crippen LogP contribution < -0.4 is 5.32 Å². The van der Waals surface area contributed by atoms with Gasteiger partial charge in [0.05, 0.1) is 12.6 Å². The molecule has 0 spiro atoms. The third kappa shape index (κ3) is 3.68. The van der Waals surface area contributed by atoms with Gasteiger partial charge >= 0.3 is 5.88 Å². The molecule has 2 fully saturated rings. The van der Waals surface area contributed by atoms with Crippen LogP contribution in [-0.2, 0) is 4.79 Å². The van der Waals surface area contributed by atoms with E-state index in [1.165, 1.54) is 12.1 Å². The van der Waals surface area contributed by atoms with Gasteiger partial charge in [0.15, 0.2) is 5.76 Å². The molecule has 9 nitrogen and oxygen atoms in total. The number of nitrogens with one attached hydrogen (secondary N) is 1. The van der Waals surface area contributed by atoms with Crippen LogP contribution in [0.25, 0.3) is 0 Å². The van der Waals surface area contributed by atoms with Gasteiger partial charge in [-0.05, 0) is 18.9 Å². The molecule has 2 saturated heterocycles. The van der Waals surface area contributed by atoms with Gasteiger partial charge in [0, 0.05) is 32.2 Å². The number of piperidine rings is 1. The van der Waals surface area contributed by atoms with Gasteiger partial charge in [0.1, 0.15) is 4.92 Å². The van der Waals surface area contributed by atoms with Crippen molar-refractivity contribution in [2.75, 3.05) is 32.7 Å². The lowest BCUT2D eigenvalue weighted by molar-refractivity contribution is -0.402. The number of nitrogens with zero attached hydrogens (tertiary/aromatic N) is 3. The van der Waals surface area contributed by atoms with Crippen molar-refractivity contribution in [2.45, 2.75) is 18.9 Å². The first-order valence-corrected chi connectivity index (χ1v) is 7.60. The summed E-state index contributed by atoms with van der Waals surface area (Å²) in [7, 11) is 0. The summed E-state index contributed by atoms with van der Waals surface area (Å²) in [4.78, 5) is 37.8. The average Bonchev–Trinajstić information content (AvgIpc) is 3.05. The zero-order valence-electron chi connectivity index (χ0n) is 13.0. The van der Waals surface area contributed by atoms with Gasteiger partial charge in [-0.25, -0.2) is 0 Å². The highest BCUT2D eigenvalue weighted by Gasteiger charge is 2.33. The van der Waals surface area contributed by atoms with Crippen molar-refractivity contribution in [1.82, 2.24) is 15.1 Å². The molecule has 2 aliphatic heterocycles. The Morgan fingerprint density at radius 1 is 1.38 bits per heavy atom. The van der Waals surface area contributed by atoms with Gasteiger partial charge in [0.25, 0.3) is 5.91 Å². The van der Waals surface area contributed by atoms with Crippen LogP contribution in [-0.4, -0.2) is 65.3 Å². The Bertz CT molecular complexity index is 634. The lowest BCUT2D eigenvalue weighted by Gasteiger charge is -2.40. The van der Waals surface area contributed by atoms with E-state index in [1.807, 2.05) is 4.90 Å². The third-order valence-corrected chi connectivity index (χ3v) is 4.23. The summed E-state index contributed by atoms with van der Waals surface area (Å²) >= 11 is 0. The van der Waals surface area contributed by atoms with Crippen LogP contribution in [0.2, 0.25) is 0 Å². The third-order valence-electron chi connectivity index (χ3n) is 4.23. The Balaban J connectivity index is 0.00000208. The van der Waals surface area contributed by atoms with E-state index < -0.39 is 10.8 Å². The van der Waals surface area contributed by atoms with Crippen LogP contribution >= 0.6 is 12.4 Å². The molecular weight excluding hydrogens is 340 g/mol. The number of likely N-dealkylation sites (tertiary alicyclic amines) is 1. The summed E-state index contributed by atoms with van der Waals surface area (Å²) in [6, 6.07) is 2.49. The van der Waals surface area contributed by atoms with Gasteiger partial charge in [0.2, 0.25) is 5.91 Å². The highest BCUT2D eigenvalue weighted by molar-refractivity contribution is 5.92. The molecule has 1 unspecified atom stereocenters. The molecule has 132 valence electrons. The molecule has 1 aromatic heterocycles. The Morgan fingerprint density at radius 2 is 2.17 bits per heavy atom. The van der Waals surface area contributed by atoms with Crippen LogP contribution in [0.5, 0.6) is 0 Å². The first-order chi connectivity index (χ1) is 11.1. The lowest BCUT2D eigenvalue weighted by Crippen LogP contribution is -2.57. The summed E-state index contributed by atoms with van der Waals surface area (Å²) in [6.45, 7) is 2.70. The molecule has 0 bridgehead atoms. The molecule has 24 heavy (non-hydrogen) atoms. The van der Waals surface area contributed by atoms with Crippen molar-refractivity contribution < 1.29 is 18.9 Å². The molecule has 0 saturated carbocycles. The zero-order chi connectivity index (χ0) is 16.4. The van der Waals surface area contributed by atoms with E-state index in [2.05, 4.69) is 5.32 Å². The normalized spacial score (nSPS) is 21.3. The minimum absolute atomic E-state index is 0. The molecule has 1 aromatic rings. The van der Waals surface area contributed by atoms with E-state index in [0.29, 0.717) is 26.2 Å². The minimum Gasteiger partial charge on any atom is -0.395 e. The van der Waals surface area contributed by atoms with Gasteiger partial charge in [-0.15, -0.1) is 12.4 Å². The average molecular weight is 359 g/mol. The maximum atomic E-state index is 12.4. The van der Waals surface area contributed by atoms with Gasteiger partial charge < -0.3 is 19.5 Å². The van der Waals surface area contributed by atoms with Crippen LogP contribution in [0, 0.1) is 10.1 Å². The monoisotopic (exact) mass is 358 g/mol. The molecule has 3 rings (SSSR count). The second kappa shape index (κ2) is 7.63. The number of carbonyl (C=O) groups is 2. The second-order valence-electron chi connectivity index (χ2n) is 5.71. The molecule has 10 heteroatoms. The quantitative estimate of drug-likeness (QED) is 0.627. The van der Waals surface area contributed by atoms with Crippen molar-refractivity contribution in [3.63, 3.8) is 0 Å². The largest absolute Gasteiger partial charge is 0.433 e. The molecule has 1 N–H and O–H groups in total. The van der Waals surface area contributed by atoms with Crippen LogP contribution in [0.1, 0.15) is 23.4 Å². The standard InChI is InChI=1S/C14H18N4O5.ClH/c19-12-8-15-5-7-17(12)10-2-1-6-16(9-10)14(20)11-3-4-13(23-11)18(21)22;/h3-4,10,15H,1-2,5-9H2;1H. The number of hydrogen-bond acceptors (Lipinski definition) is 6. The lowest BCUT2D eigenvalue weighted by atomic mass is 10.0. The predicted octanol–water partition coefficient (Wildman–Crippen LogP) is 0.646. The summed E-state index contributed by atoms with van der Waals surface area (Å²) < 4.78 is 4.98. The predicted molar refractivity (Wildman–Crippen MR) is 86.1 cm³/mol. The van der Waals surface area contributed by atoms with Gasteiger partial charge in [-0.2, -0.15) is 0 Å². The number of piperazine rings is 1. The Labute approximate surface area is 144 Å². The summed E-state index contributed by atoms with van der Waals surface area (Å²) in [5.74, 6) is -0.808. The summed E-state index contributed by atoms with van der Waals surface area (Å²) in [5, 5.41) is 13.7. The molecule has 2 amide bonds. The van der Waals surface area contributed by atoms with Crippen molar-refractivity contribution in [1.29, 1.82) is 0 Å². The topological polar surface area (TPSA) is 109 Å². The molecular formula is C14H19ClN4O5. The fourth-order valence-corrected chi connectivity index (χ4v) is 3.10. The van der Waals surface area contributed by atoms with Crippen LogP contribution in [0.4, 0.5) is 5.88 Å². The van der Waals surface area contributed by atoms with E-state index in [0.717, 1.165) is 19.4 Å². The number of hydrogen-bond donors (Lipinski definition) is 1. The SMILES string of the molecule is Cl.O=C(c1ccc([N+](=O)[O-])o1)N1CCCC(N2CCNCC2=O)C1. The Morgan fingerprint density at radius 3 is 2.83 bits per heavy atom. The number of carbonyl (C=O) groups excluding carboxylic acids is 2. The molecule has 2 aliphatic rings. The summed E-state index contributed by atoms with van der Waals surface area (Å²) in [5.41, 5.74) is 0. The molecule has 1 atom stereocenters. The maximum Gasteiger partial charge on any atom is 0.433 e. The number of amides is 2. The van der Waals surface area contributed by atoms with E-state index in [4.69, 9.17) is 4.42 Å². The summed E-state index contributed by atoms with van der Waals surface area (Å²) in [6.07, 6.45) is 1.64. The van der Waals surface area contributed by atoms with Gasteiger partial charge in [-0.3, -0.25) is 19.7 Å². The van der Waals surface area contributed by atoms with Crippen molar-refractivity contribution in [3.05, 3.63) is 28.0 Å². The van der Waals surface area contributed by atoms with E-state index in [-0.39, 0.29) is 36.0 Å². The van der Waals surface area contributed by atoms with Crippen LogP contribution in [0.15, 0.2) is 16.5 Å². The Kier molecular flexibility index (Phi) is 5.79. The fraction of sp³-hybridized carbons (Fsp3) is 0.571.